The minimum atomic E-state index is -0.515. The molecule has 61 heavy (non-hydrogen) atoms. The Kier molecular flexibility index (Phi) is 11.3. The first kappa shape index (κ1) is 40.6. The molecule has 0 radical (unpaired) electrons. The van der Waals surface area contributed by atoms with Gasteiger partial charge in [-0.2, -0.15) is 16.6 Å². The van der Waals surface area contributed by atoms with Crippen molar-refractivity contribution >= 4 is 44.9 Å². The Labute approximate surface area is 359 Å². The van der Waals surface area contributed by atoms with Crippen LogP contribution in [0.5, 0.6) is 17.2 Å². The van der Waals surface area contributed by atoms with Crippen LogP contribution in [0.15, 0.2) is 75.2 Å². The van der Waals surface area contributed by atoms with Crippen molar-refractivity contribution in [3.8, 4) is 27.7 Å². The Morgan fingerprint density at radius 2 is 1.70 bits per heavy atom. The molecule has 0 aliphatic carbocycles. The molecule has 0 spiro atoms. The standard InChI is InChI=1S/C44H45FN8O6S2/c1-5-52-48-39(47-49-52)23-51-34-22-38(31-19-27(45)11-12-35(31)57-3)61-41(34)43(55)53(44(51)56)28-13-16-50(17-14-28)42(54)26-9-7-25(8-10-26)40-30-21-36(58-4)37(59-6-2)20-29(30)32-24-60-18-15-33(32)46-40/h7-12,19-22,28,32-33H,5-6,13-18,23-24H2,1-4H3/t32-,33-/m1/s1. The van der Waals surface area contributed by atoms with Gasteiger partial charge in [0.15, 0.2) is 17.3 Å². The number of carbonyl (C=O) groups is 1. The number of thioether (sulfide) groups is 1. The van der Waals surface area contributed by atoms with Gasteiger partial charge in [0.2, 0.25) is 0 Å². The number of methoxy groups -OCH3 is 2. The van der Waals surface area contributed by atoms with Crippen molar-refractivity contribution in [3.63, 3.8) is 0 Å². The first-order chi connectivity index (χ1) is 29.7. The number of aryl methyl sites for hydroxylation is 1. The average Bonchev–Trinajstić information content (AvgIpc) is 3.95. The SMILES string of the molecule is CCOc1cc2c(cc1OC)C(c1ccc(C(=O)N3CCC(n4c(=O)c5sc(-c6cc(F)ccc6OC)cc5n(Cc5nnn(CC)n5)c4=O)CC3)cc1)=N[C@@H]1CCSC[C@H]21. The van der Waals surface area contributed by atoms with Crippen molar-refractivity contribution in [2.75, 3.05) is 45.4 Å². The maximum absolute atomic E-state index is 14.5. The van der Waals surface area contributed by atoms with Crippen LogP contribution in [0, 0.1) is 5.82 Å². The van der Waals surface area contributed by atoms with Crippen LogP contribution in [-0.4, -0.2) is 97.3 Å². The molecule has 0 unspecified atom stereocenters. The summed E-state index contributed by atoms with van der Waals surface area (Å²) in [5.41, 5.74) is 4.48. The number of aliphatic imine (C=N–C) groups is 1. The number of amides is 1. The molecule has 1 amide bonds. The number of fused-ring (bicyclic) bond motifs is 4. The van der Waals surface area contributed by atoms with Gasteiger partial charge in [0.25, 0.3) is 11.5 Å². The summed E-state index contributed by atoms with van der Waals surface area (Å²) < 4.78 is 34.8. The summed E-state index contributed by atoms with van der Waals surface area (Å²) in [6.07, 6.45) is 1.78. The van der Waals surface area contributed by atoms with Crippen molar-refractivity contribution < 1.29 is 23.4 Å². The number of likely N-dealkylation sites (tertiary alicyclic amines) is 1. The van der Waals surface area contributed by atoms with E-state index in [9.17, 15) is 18.8 Å². The third-order valence-corrected chi connectivity index (χ3v) is 14.0. The van der Waals surface area contributed by atoms with Gasteiger partial charge in [-0.3, -0.25) is 23.7 Å². The molecule has 3 aromatic carbocycles. The van der Waals surface area contributed by atoms with Gasteiger partial charge in [0, 0.05) is 57.9 Å². The first-order valence-electron chi connectivity index (χ1n) is 20.5. The maximum Gasteiger partial charge on any atom is 0.332 e. The molecule has 2 saturated heterocycles. The lowest BCUT2D eigenvalue weighted by atomic mass is 9.81. The topological polar surface area (TPSA) is 148 Å². The predicted octanol–water partition coefficient (Wildman–Crippen LogP) is 6.42. The number of aromatic nitrogens is 6. The van der Waals surface area contributed by atoms with E-state index in [0.29, 0.717) is 88.5 Å². The van der Waals surface area contributed by atoms with Crippen LogP contribution in [0.4, 0.5) is 4.39 Å². The molecule has 2 fully saturated rings. The van der Waals surface area contributed by atoms with Crippen LogP contribution < -0.4 is 25.5 Å². The maximum atomic E-state index is 14.5. The van der Waals surface area contributed by atoms with E-state index in [-0.39, 0.29) is 18.5 Å². The van der Waals surface area contributed by atoms with Crippen LogP contribution in [-0.2, 0) is 13.1 Å². The molecule has 17 heteroatoms. The quantitative estimate of drug-likeness (QED) is 0.143. The molecule has 0 bridgehead atoms. The number of piperidine rings is 1. The van der Waals surface area contributed by atoms with Crippen molar-refractivity contribution in [2.45, 2.75) is 64.2 Å². The van der Waals surface area contributed by atoms with Gasteiger partial charge in [0.1, 0.15) is 16.3 Å². The molecule has 6 heterocycles. The van der Waals surface area contributed by atoms with Gasteiger partial charge in [-0.15, -0.1) is 21.5 Å². The van der Waals surface area contributed by atoms with Gasteiger partial charge in [-0.25, -0.2) is 9.18 Å². The fourth-order valence-electron chi connectivity index (χ4n) is 8.70. The smallest absolute Gasteiger partial charge is 0.332 e. The molecule has 3 aliphatic heterocycles. The van der Waals surface area contributed by atoms with Gasteiger partial charge in [-0.05, 0) is 98.2 Å². The highest BCUT2D eigenvalue weighted by molar-refractivity contribution is 7.99. The van der Waals surface area contributed by atoms with E-state index >= 15 is 0 Å². The molecular weight excluding hydrogens is 820 g/mol. The van der Waals surface area contributed by atoms with Crippen molar-refractivity contribution in [1.82, 2.24) is 34.2 Å². The number of thiophene rings is 1. The average molecular weight is 865 g/mol. The summed E-state index contributed by atoms with van der Waals surface area (Å²) in [5, 5.41) is 12.6. The van der Waals surface area contributed by atoms with Crippen LogP contribution in [0.25, 0.3) is 20.7 Å². The van der Waals surface area contributed by atoms with E-state index in [1.807, 2.05) is 55.9 Å². The number of ether oxygens (including phenoxy) is 3. The van der Waals surface area contributed by atoms with E-state index in [1.165, 1.54) is 56.1 Å². The van der Waals surface area contributed by atoms with Gasteiger partial charge >= 0.3 is 5.69 Å². The summed E-state index contributed by atoms with van der Waals surface area (Å²) >= 11 is 3.12. The molecule has 3 aromatic heterocycles. The summed E-state index contributed by atoms with van der Waals surface area (Å²) in [6.45, 7) is 5.55. The normalized spacial score (nSPS) is 17.8. The van der Waals surface area contributed by atoms with E-state index < -0.39 is 23.1 Å². The second-order valence-corrected chi connectivity index (χ2v) is 17.4. The third kappa shape index (κ3) is 7.51. The lowest BCUT2D eigenvalue weighted by Crippen LogP contribution is -2.46. The second kappa shape index (κ2) is 16.9. The Morgan fingerprint density at radius 3 is 2.43 bits per heavy atom. The molecule has 9 rings (SSSR count). The van der Waals surface area contributed by atoms with E-state index in [4.69, 9.17) is 19.2 Å². The Morgan fingerprint density at radius 1 is 0.918 bits per heavy atom. The lowest BCUT2D eigenvalue weighted by molar-refractivity contribution is 0.0691. The van der Waals surface area contributed by atoms with Gasteiger partial charge in [0.05, 0.1) is 51.2 Å². The summed E-state index contributed by atoms with van der Waals surface area (Å²) in [7, 11) is 3.14. The number of benzene rings is 3. The minimum absolute atomic E-state index is 0.0282. The molecule has 316 valence electrons. The number of halogens is 1. The largest absolute Gasteiger partial charge is 0.496 e. The zero-order valence-electron chi connectivity index (χ0n) is 34.3. The lowest BCUT2D eigenvalue weighted by Gasteiger charge is -2.35. The van der Waals surface area contributed by atoms with Gasteiger partial charge in [-0.1, -0.05) is 12.1 Å². The van der Waals surface area contributed by atoms with Crippen LogP contribution in [0.1, 0.15) is 77.9 Å². The highest BCUT2D eigenvalue weighted by atomic mass is 32.2. The molecule has 0 saturated carbocycles. The zero-order valence-corrected chi connectivity index (χ0v) is 35.9. The number of tetrazole rings is 1. The molecule has 14 nitrogen and oxygen atoms in total. The van der Waals surface area contributed by atoms with E-state index in [0.717, 1.165) is 40.5 Å². The molecule has 3 aliphatic rings. The second-order valence-electron chi connectivity index (χ2n) is 15.2. The zero-order chi connectivity index (χ0) is 42.4. The van der Waals surface area contributed by atoms with Crippen LogP contribution >= 0.6 is 23.1 Å². The highest BCUT2D eigenvalue weighted by Gasteiger charge is 2.35. The van der Waals surface area contributed by atoms with Gasteiger partial charge < -0.3 is 19.1 Å². The van der Waals surface area contributed by atoms with E-state index in [1.54, 1.807) is 18.1 Å². The molecule has 6 aromatic rings. The summed E-state index contributed by atoms with van der Waals surface area (Å²) in [4.78, 5) is 51.7. The summed E-state index contributed by atoms with van der Waals surface area (Å²) in [6, 6.07) is 17.4. The summed E-state index contributed by atoms with van der Waals surface area (Å²) in [5.74, 6) is 3.91. The molecule has 2 atom stereocenters. The number of nitrogens with zero attached hydrogens (tertiary/aromatic N) is 8. The fraction of sp³-hybridized carbons (Fsp3) is 0.386. The van der Waals surface area contributed by atoms with E-state index in [2.05, 4.69) is 21.5 Å². The number of hydrogen-bond donors (Lipinski definition) is 0. The Balaban J connectivity index is 0.981. The molecular formula is C44H45FN8O6S2. The number of rotatable bonds is 11. The number of carbonyl (C=O) groups excluding carboxylic acids is 1. The highest BCUT2D eigenvalue weighted by Crippen LogP contribution is 2.44. The Hall–Kier alpha value is -5.81. The predicted molar refractivity (Wildman–Crippen MR) is 234 cm³/mol. The van der Waals surface area contributed by atoms with Crippen LogP contribution in [0.2, 0.25) is 0 Å². The molecule has 0 N–H and O–H groups in total. The van der Waals surface area contributed by atoms with Crippen LogP contribution in [0.3, 0.4) is 0 Å². The Bertz CT molecular complexity index is 2790. The number of hydrogen-bond acceptors (Lipinski definition) is 12. The minimum Gasteiger partial charge on any atom is -0.496 e. The monoisotopic (exact) mass is 864 g/mol. The van der Waals surface area contributed by atoms with Crippen molar-refractivity contribution in [1.29, 1.82) is 0 Å². The third-order valence-electron chi connectivity index (χ3n) is 11.8. The van der Waals surface area contributed by atoms with Crippen molar-refractivity contribution in [3.05, 3.63) is 115 Å². The first-order valence-corrected chi connectivity index (χ1v) is 22.5. The fourth-order valence-corrected chi connectivity index (χ4v) is 11.0. The van der Waals surface area contributed by atoms with Crippen molar-refractivity contribution in [2.24, 2.45) is 4.99 Å².